The molecule has 4 rings (SSSR count). The quantitative estimate of drug-likeness (QED) is 0.584. The summed E-state index contributed by atoms with van der Waals surface area (Å²) in [5.74, 6) is 0.813. The lowest BCUT2D eigenvalue weighted by atomic mass is 10.1. The monoisotopic (exact) mass is 303 g/mol. The summed E-state index contributed by atoms with van der Waals surface area (Å²) in [4.78, 5) is 6.80. The maximum absolute atomic E-state index is 4.83. The van der Waals surface area contributed by atoms with Gasteiger partial charge in [-0.25, -0.2) is 4.98 Å². The Hall–Kier alpha value is -2.95. The van der Waals surface area contributed by atoms with E-state index in [2.05, 4.69) is 32.8 Å². The first-order valence-corrected chi connectivity index (χ1v) is 7.58. The first-order chi connectivity index (χ1) is 11.2. The third-order valence-electron chi connectivity index (χ3n) is 3.90. The zero-order chi connectivity index (χ0) is 15.8. The van der Waals surface area contributed by atoms with Crippen molar-refractivity contribution in [3.63, 3.8) is 0 Å². The van der Waals surface area contributed by atoms with Crippen molar-refractivity contribution in [3.05, 3.63) is 65.9 Å². The fraction of sp³-hybridized carbons (Fsp3) is 0.167. The number of para-hydroxylation sites is 2. The van der Waals surface area contributed by atoms with E-state index >= 15 is 0 Å². The van der Waals surface area contributed by atoms with Crippen LogP contribution in [0.5, 0.6) is 0 Å². The van der Waals surface area contributed by atoms with Gasteiger partial charge in [-0.2, -0.15) is 0 Å². The molecule has 0 unspecified atom stereocenters. The zero-order valence-electron chi connectivity index (χ0n) is 13.1. The molecule has 0 aliphatic rings. The van der Waals surface area contributed by atoms with Crippen molar-refractivity contribution in [2.24, 2.45) is 0 Å². The molecule has 0 aliphatic carbocycles. The molecule has 0 atom stereocenters. The lowest BCUT2D eigenvalue weighted by Crippen LogP contribution is -2.13. The molecule has 2 aromatic heterocycles. The Morgan fingerprint density at radius 3 is 2.43 bits per heavy atom. The summed E-state index contributed by atoms with van der Waals surface area (Å²) < 4.78 is 2.08. The van der Waals surface area contributed by atoms with Crippen molar-refractivity contribution in [2.75, 3.05) is 19.0 Å². The van der Waals surface area contributed by atoms with Gasteiger partial charge in [-0.3, -0.25) is 4.40 Å². The van der Waals surface area contributed by atoms with E-state index < -0.39 is 0 Å². The number of anilines is 1. The second-order valence-electron chi connectivity index (χ2n) is 5.76. The average Bonchev–Trinajstić information content (AvgIpc) is 3.02. The van der Waals surface area contributed by atoms with E-state index in [0.29, 0.717) is 0 Å². The van der Waals surface area contributed by atoms with Crippen LogP contribution in [0, 0.1) is 0 Å². The Balaban J connectivity index is 2.00. The Morgan fingerprint density at radius 2 is 1.65 bits per heavy atom. The number of hydrogen-bond acceptors (Lipinski definition) is 4. The van der Waals surface area contributed by atoms with E-state index in [9.17, 15) is 0 Å². The number of aromatic nitrogens is 4. The van der Waals surface area contributed by atoms with Crippen molar-refractivity contribution in [2.45, 2.75) is 6.42 Å². The van der Waals surface area contributed by atoms with Crippen molar-refractivity contribution in [1.29, 1.82) is 0 Å². The van der Waals surface area contributed by atoms with E-state index in [1.807, 2.05) is 55.4 Å². The number of hydrogen-bond donors (Lipinski definition) is 0. The molecule has 0 spiro atoms. The Bertz CT molecular complexity index is 973. The van der Waals surface area contributed by atoms with Gasteiger partial charge in [0, 0.05) is 20.5 Å². The Morgan fingerprint density at radius 1 is 0.913 bits per heavy atom. The van der Waals surface area contributed by atoms with E-state index in [4.69, 9.17) is 4.98 Å². The number of fused-ring (bicyclic) bond motifs is 3. The van der Waals surface area contributed by atoms with Gasteiger partial charge in [0.05, 0.1) is 16.7 Å². The van der Waals surface area contributed by atoms with Crippen LogP contribution < -0.4 is 4.90 Å². The van der Waals surface area contributed by atoms with Crippen LogP contribution in [-0.2, 0) is 6.42 Å². The first kappa shape index (κ1) is 13.7. The predicted molar refractivity (Wildman–Crippen MR) is 91.9 cm³/mol. The van der Waals surface area contributed by atoms with E-state index in [1.165, 1.54) is 5.56 Å². The summed E-state index contributed by atoms with van der Waals surface area (Å²) >= 11 is 0. The van der Waals surface area contributed by atoms with Crippen LogP contribution in [0.3, 0.4) is 0 Å². The van der Waals surface area contributed by atoms with Crippen LogP contribution in [0.25, 0.3) is 16.7 Å². The summed E-state index contributed by atoms with van der Waals surface area (Å²) in [6, 6.07) is 18.4. The highest BCUT2D eigenvalue weighted by molar-refractivity contribution is 5.80. The molecule has 0 saturated carbocycles. The second kappa shape index (κ2) is 5.35. The van der Waals surface area contributed by atoms with E-state index in [-0.39, 0.29) is 0 Å². The SMILES string of the molecule is CN(C)c1nnc2c(Cc3ccccc3)nc3ccccc3n12. The normalized spacial score (nSPS) is 11.2. The molecule has 0 saturated heterocycles. The van der Waals surface area contributed by atoms with Crippen LogP contribution in [0.1, 0.15) is 11.3 Å². The Kier molecular flexibility index (Phi) is 3.19. The van der Waals surface area contributed by atoms with Crippen LogP contribution in [-0.4, -0.2) is 33.7 Å². The molecule has 2 aromatic carbocycles. The molecule has 0 fully saturated rings. The average molecular weight is 303 g/mol. The minimum atomic E-state index is 0.737. The van der Waals surface area contributed by atoms with Crippen molar-refractivity contribution in [1.82, 2.24) is 19.6 Å². The molecule has 5 nitrogen and oxygen atoms in total. The van der Waals surface area contributed by atoms with Crippen molar-refractivity contribution in [3.8, 4) is 0 Å². The van der Waals surface area contributed by atoms with Gasteiger partial charge in [-0.05, 0) is 17.7 Å². The van der Waals surface area contributed by atoms with Crippen LogP contribution in [0.15, 0.2) is 54.6 Å². The zero-order valence-corrected chi connectivity index (χ0v) is 13.1. The lowest BCUT2D eigenvalue weighted by molar-refractivity contribution is 0.982. The lowest BCUT2D eigenvalue weighted by Gasteiger charge is -2.12. The minimum absolute atomic E-state index is 0.737. The fourth-order valence-corrected chi connectivity index (χ4v) is 2.83. The summed E-state index contributed by atoms with van der Waals surface area (Å²) in [6.07, 6.45) is 0.737. The smallest absolute Gasteiger partial charge is 0.231 e. The van der Waals surface area contributed by atoms with Crippen LogP contribution >= 0.6 is 0 Å². The van der Waals surface area contributed by atoms with Gasteiger partial charge in [0.2, 0.25) is 5.95 Å². The summed E-state index contributed by atoms with van der Waals surface area (Å²) in [5.41, 5.74) is 4.94. The van der Waals surface area contributed by atoms with Gasteiger partial charge in [-0.1, -0.05) is 42.5 Å². The van der Waals surface area contributed by atoms with Crippen LogP contribution in [0.2, 0.25) is 0 Å². The van der Waals surface area contributed by atoms with Crippen molar-refractivity contribution >= 4 is 22.6 Å². The highest BCUT2D eigenvalue weighted by atomic mass is 15.4. The highest BCUT2D eigenvalue weighted by Gasteiger charge is 2.16. The third kappa shape index (κ3) is 2.30. The summed E-state index contributed by atoms with van der Waals surface area (Å²) in [6.45, 7) is 0. The first-order valence-electron chi connectivity index (χ1n) is 7.58. The van der Waals surface area contributed by atoms with Crippen LogP contribution in [0.4, 0.5) is 5.95 Å². The van der Waals surface area contributed by atoms with Gasteiger partial charge >= 0.3 is 0 Å². The molecule has 114 valence electrons. The molecule has 0 N–H and O–H groups in total. The molecule has 0 aliphatic heterocycles. The van der Waals surface area contributed by atoms with E-state index in [0.717, 1.165) is 34.7 Å². The highest BCUT2D eigenvalue weighted by Crippen LogP contribution is 2.23. The number of nitrogens with zero attached hydrogens (tertiary/aromatic N) is 5. The molecule has 23 heavy (non-hydrogen) atoms. The molecule has 0 bridgehead atoms. The fourth-order valence-electron chi connectivity index (χ4n) is 2.83. The van der Waals surface area contributed by atoms with Gasteiger partial charge < -0.3 is 4.90 Å². The molecule has 2 heterocycles. The number of benzene rings is 2. The summed E-state index contributed by atoms with van der Waals surface area (Å²) in [5, 5.41) is 8.74. The molecule has 5 heteroatoms. The molecule has 4 aromatic rings. The predicted octanol–water partition coefficient (Wildman–Crippen LogP) is 2.93. The number of rotatable bonds is 3. The molecular weight excluding hydrogens is 286 g/mol. The largest absolute Gasteiger partial charge is 0.347 e. The maximum Gasteiger partial charge on any atom is 0.231 e. The van der Waals surface area contributed by atoms with Gasteiger partial charge in [-0.15, -0.1) is 10.2 Å². The topological polar surface area (TPSA) is 46.3 Å². The maximum atomic E-state index is 4.83. The standard InChI is InChI=1S/C18H17N5/c1-22(2)18-21-20-17-15(12-13-8-4-3-5-9-13)19-14-10-6-7-11-16(14)23(17)18/h3-11H,12H2,1-2H3. The van der Waals surface area contributed by atoms with Gasteiger partial charge in [0.15, 0.2) is 5.65 Å². The minimum Gasteiger partial charge on any atom is -0.347 e. The second-order valence-corrected chi connectivity index (χ2v) is 5.76. The molecular formula is C18H17N5. The molecule has 0 radical (unpaired) electrons. The van der Waals surface area contributed by atoms with Gasteiger partial charge in [0.1, 0.15) is 0 Å². The van der Waals surface area contributed by atoms with Crippen molar-refractivity contribution < 1.29 is 0 Å². The van der Waals surface area contributed by atoms with E-state index in [1.54, 1.807) is 0 Å². The molecule has 0 amide bonds. The van der Waals surface area contributed by atoms with Gasteiger partial charge in [0.25, 0.3) is 0 Å². The summed E-state index contributed by atoms with van der Waals surface area (Å²) in [7, 11) is 3.95. The third-order valence-corrected chi connectivity index (χ3v) is 3.90. The Labute approximate surface area is 134 Å².